The molecule has 1 aromatic carbocycles. The topological polar surface area (TPSA) is 81.4 Å². The second-order valence-corrected chi connectivity index (χ2v) is 7.59. The van der Waals surface area contributed by atoms with Crippen LogP contribution < -0.4 is 10.5 Å². The van der Waals surface area contributed by atoms with Crippen LogP contribution in [0.1, 0.15) is 19.8 Å². The maximum Gasteiger partial charge on any atom is 0.242 e. The molecule has 1 atom stereocenters. The van der Waals surface area contributed by atoms with Gasteiger partial charge in [0.25, 0.3) is 0 Å². The monoisotopic (exact) mass is 362 g/mol. The normalized spacial score (nSPS) is 18.9. The minimum atomic E-state index is -3.58. The molecule has 0 aliphatic carbocycles. The van der Waals surface area contributed by atoms with Crippen LogP contribution in [0.5, 0.6) is 0 Å². The number of hydrogen-bond donors (Lipinski definition) is 2. The Hall–Kier alpha value is -0.630. The Morgan fingerprint density at radius 3 is 2.70 bits per heavy atom. The first kappa shape index (κ1) is 15.8. The molecule has 1 unspecified atom stereocenters. The maximum atomic E-state index is 12.4. The molecule has 1 aromatic rings. The van der Waals surface area contributed by atoms with Gasteiger partial charge in [-0.05, 0) is 59.8 Å². The van der Waals surface area contributed by atoms with E-state index in [1.54, 1.807) is 12.1 Å². The van der Waals surface area contributed by atoms with Crippen LogP contribution in [0.25, 0.3) is 0 Å². The average Bonchev–Trinajstić information content (AvgIpc) is 2.42. The molecule has 0 radical (unpaired) electrons. The van der Waals surface area contributed by atoms with Gasteiger partial charge in [-0.2, -0.15) is 0 Å². The Labute approximate surface area is 128 Å². The van der Waals surface area contributed by atoms with E-state index in [0.717, 1.165) is 12.8 Å². The predicted octanol–water partition coefficient (Wildman–Crippen LogP) is 2.12. The maximum absolute atomic E-state index is 12.4. The molecule has 1 aliphatic heterocycles. The Bertz CT molecular complexity index is 571. The number of nitrogens with one attached hydrogen (secondary N) is 1. The molecule has 20 heavy (non-hydrogen) atoms. The van der Waals surface area contributed by atoms with Gasteiger partial charge in [-0.15, -0.1) is 0 Å². The lowest BCUT2D eigenvalue weighted by molar-refractivity contribution is 0.0585. The third kappa shape index (κ3) is 3.72. The fraction of sp³-hybridized carbons (Fsp3) is 0.538. The van der Waals surface area contributed by atoms with Crippen LogP contribution in [0, 0.1) is 5.92 Å². The summed E-state index contributed by atoms with van der Waals surface area (Å²) in [5.74, 6) is 0.304. The number of ether oxygens (including phenoxy) is 1. The number of sulfonamides is 1. The van der Waals surface area contributed by atoms with E-state index in [2.05, 4.69) is 20.7 Å². The smallest absolute Gasteiger partial charge is 0.242 e. The van der Waals surface area contributed by atoms with Crippen LogP contribution in [0.4, 0.5) is 5.69 Å². The van der Waals surface area contributed by atoms with Crippen LogP contribution in [-0.2, 0) is 14.8 Å². The Balaban J connectivity index is 2.16. The van der Waals surface area contributed by atoms with Crippen LogP contribution in [0.3, 0.4) is 0 Å². The van der Waals surface area contributed by atoms with Crippen molar-refractivity contribution >= 4 is 31.6 Å². The van der Waals surface area contributed by atoms with Crippen molar-refractivity contribution in [3.05, 3.63) is 22.7 Å². The molecule has 0 amide bonds. The molecule has 0 aromatic heterocycles. The molecule has 2 rings (SSSR count). The Morgan fingerprint density at radius 1 is 1.40 bits per heavy atom. The van der Waals surface area contributed by atoms with Gasteiger partial charge in [0.05, 0.1) is 4.90 Å². The van der Waals surface area contributed by atoms with Gasteiger partial charge in [-0.1, -0.05) is 0 Å². The molecule has 7 heteroatoms. The van der Waals surface area contributed by atoms with Crippen molar-refractivity contribution < 1.29 is 13.2 Å². The molecular weight excluding hydrogens is 344 g/mol. The van der Waals surface area contributed by atoms with Gasteiger partial charge >= 0.3 is 0 Å². The van der Waals surface area contributed by atoms with Crippen molar-refractivity contribution in [1.82, 2.24) is 4.72 Å². The number of hydrogen-bond acceptors (Lipinski definition) is 4. The molecule has 1 heterocycles. The van der Waals surface area contributed by atoms with Crippen LogP contribution >= 0.6 is 15.9 Å². The number of nitrogen functional groups attached to an aromatic ring is 1. The number of benzene rings is 1. The van der Waals surface area contributed by atoms with E-state index in [1.807, 2.05) is 6.92 Å². The number of rotatable bonds is 4. The van der Waals surface area contributed by atoms with Gasteiger partial charge < -0.3 is 10.5 Å². The fourth-order valence-electron chi connectivity index (χ4n) is 2.35. The highest BCUT2D eigenvalue weighted by Crippen LogP contribution is 2.26. The molecule has 1 saturated heterocycles. The van der Waals surface area contributed by atoms with Gasteiger partial charge in [0.15, 0.2) is 0 Å². The van der Waals surface area contributed by atoms with E-state index in [9.17, 15) is 8.42 Å². The molecule has 0 spiro atoms. The summed E-state index contributed by atoms with van der Waals surface area (Å²) in [4.78, 5) is 0.177. The van der Waals surface area contributed by atoms with E-state index in [-0.39, 0.29) is 10.9 Å². The van der Waals surface area contributed by atoms with E-state index < -0.39 is 10.0 Å². The first-order chi connectivity index (χ1) is 9.40. The van der Waals surface area contributed by atoms with Crippen LogP contribution in [0.2, 0.25) is 0 Å². The van der Waals surface area contributed by atoms with Gasteiger partial charge in [0, 0.05) is 29.4 Å². The average molecular weight is 363 g/mol. The molecule has 3 N–H and O–H groups in total. The number of nitrogens with two attached hydrogens (primary N) is 1. The lowest BCUT2D eigenvalue weighted by Gasteiger charge is -2.28. The van der Waals surface area contributed by atoms with Crippen molar-refractivity contribution in [3.63, 3.8) is 0 Å². The predicted molar refractivity (Wildman–Crippen MR) is 81.9 cm³/mol. The van der Waals surface area contributed by atoms with Crippen molar-refractivity contribution in [1.29, 1.82) is 0 Å². The first-order valence-electron chi connectivity index (χ1n) is 6.55. The Morgan fingerprint density at radius 2 is 2.05 bits per heavy atom. The van der Waals surface area contributed by atoms with Crippen LogP contribution in [0.15, 0.2) is 27.6 Å². The summed E-state index contributed by atoms with van der Waals surface area (Å²) in [5.41, 5.74) is 6.09. The zero-order valence-corrected chi connectivity index (χ0v) is 13.7. The second kappa shape index (κ2) is 6.43. The van der Waals surface area contributed by atoms with Crippen molar-refractivity contribution in [3.8, 4) is 0 Å². The molecule has 0 bridgehead atoms. The van der Waals surface area contributed by atoms with E-state index in [0.29, 0.717) is 29.3 Å². The van der Waals surface area contributed by atoms with E-state index in [4.69, 9.17) is 10.5 Å². The van der Waals surface area contributed by atoms with Gasteiger partial charge in [-0.25, -0.2) is 13.1 Å². The molecule has 112 valence electrons. The summed E-state index contributed by atoms with van der Waals surface area (Å²) < 4.78 is 33.4. The molecule has 1 aliphatic rings. The quantitative estimate of drug-likeness (QED) is 0.803. The molecule has 0 saturated carbocycles. The summed E-state index contributed by atoms with van der Waals surface area (Å²) in [5, 5.41) is 0. The number of halogens is 1. The van der Waals surface area contributed by atoms with Gasteiger partial charge in [-0.3, -0.25) is 0 Å². The third-order valence-corrected chi connectivity index (χ3v) is 6.11. The van der Waals surface area contributed by atoms with Crippen molar-refractivity contribution in [2.24, 2.45) is 5.92 Å². The minimum Gasteiger partial charge on any atom is -0.399 e. The standard InChI is InChI=1S/C13H19BrN2O3S/c1-9(10-4-6-19-7-5-10)16-20(17,18)13-8-11(15)2-3-12(13)14/h2-3,8-10,16H,4-7,15H2,1H3. The second-order valence-electron chi connectivity index (χ2n) is 5.05. The molecule has 5 nitrogen and oxygen atoms in total. The van der Waals surface area contributed by atoms with Gasteiger partial charge in [0.2, 0.25) is 10.0 Å². The highest BCUT2D eigenvalue weighted by Gasteiger charge is 2.26. The zero-order valence-electron chi connectivity index (χ0n) is 11.3. The van der Waals surface area contributed by atoms with Crippen LogP contribution in [-0.4, -0.2) is 27.7 Å². The minimum absolute atomic E-state index is 0.128. The lowest BCUT2D eigenvalue weighted by atomic mass is 9.94. The van der Waals surface area contributed by atoms with E-state index >= 15 is 0 Å². The first-order valence-corrected chi connectivity index (χ1v) is 8.83. The molecular formula is C13H19BrN2O3S. The highest BCUT2D eigenvalue weighted by atomic mass is 79.9. The number of anilines is 1. The fourth-order valence-corrected chi connectivity index (χ4v) is 4.66. The summed E-state index contributed by atoms with van der Waals surface area (Å²) in [6, 6.07) is 4.63. The summed E-state index contributed by atoms with van der Waals surface area (Å²) >= 11 is 3.26. The third-order valence-electron chi connectivity index (χ3n) is 3.56. The highest BCUT2D eigenvalue weighted by molar-refractivity contribution is 9.10. The SMILES string of the molecule is CC(NS(=O)(=O)c1cc(N)ccc1Br)C1CCOCC1. The van der Waals surface area contributed by atoms with Crippen molar-refractivity contribution in [2.75, 3.05) is 18.9 Å². The lowest BCUT2D eigenvalue weighted by Crippen LogP contribution is -2.40. The van der Waals surface area contributed by atoms with E-state index in [1.165, 1.54) is 6.07 Å². The Kier molecular flexibility index (Phi) is 5.06. The van der Waals surface area contributed by atoms with Gasteiger partial charge in [0.1, 0.15) is 0 Å². The molecule has 1 fully saturated rings. The largest absolute Gasteiger partial charge is 0.399 e. The summed E-state index contributed by atoms with van der Waals surface area (Å²) in [6.45, 7) is 3.28. The summed E-state index contributed by atoms with van der Waals surface area (Å²) in [6.07, 6.45) is 1.75. The van der Waals surface area contributed by atoms with Crippen molar-refractivity contribution in [2.45, 2.75) is 30.7 Å². The zero-order chi connectivity index (χ0) is 14.8. The summed E-state index contributed by atoms with van der Waals surface area (Å²) in [7, 11) is -3.58.